The van der Waals surface area contributed by atoms with E-state index in [4.69, 9.17) is 23.4 Å². The Morgan fingerprint density at radius 1 is 1.00 bits per heavy atom. The molecule has 7 heteroatoms. The smallest absolute Gasteiger partial charge is 0.212 e. The van der Waals surface area contributed by atoms with Crippen LogP contribution in [0, 0.1) is 0 Å². The Morgan fingerprint density at radius 3 is 2.28 bits per heavy atom. The van der Waals surface area contributed by atoms with Gasteiger partial charge in [0.2, 0.25) is 5.88 Å². The summed E-state index contributed by atoms with van der Waals surface area (Å²) < 4.78 is 30.6. The van der Waals surface area contributed by atoms with E-state index >= 15 is 0 Å². The lowest BCUT2D eigenvalue weighted by molar-refractivity contribution is -0.0468. The number of pyridine rings is 1. The van der Waals surface area contributed by atoms with Crippen molar-refractivity contribution in [2.75, 3.05) is 20.8 Å². The number of nitrogens with zero attached hydrogens (tertiary/aromatic N) is 1. The van der Waals surface area contributed by atoms with Crippen LogP contribution in [0.25, 0.3) is 0 Å². The largest absolute Gasteiger partial charge is 0.481 e. The molecular weight excluding hydrogens is 422 g/mol. The molecule has 1 saturated heterocycles. The van der Waals surface area contributed by atoms with Crippen molar-refractivity contribution in [2.45, 2.75) is 69.9 Å². The van der Waals surface area contributed by atoms with Gasteiger partial charge in [-0.25, -0.2) is 4.98 Å². The summed E-state index contributed by atoms with van der Waals surface area (Å²) in [6.07, 6.45) is 0.753. The van der Waals surface area contributed by atoms with Crippen molar-refractivity contribution in [1.82, 2.24) is 4.98 Å². The van der Waals surface area contributed by atoms with Gasteiger partial charge in [-0.05, 0) is 29.8 Å². The summed E-state index contributed by atoms with van der Waals surface area (Å²) in [6.45, 7) is 12.2. The molecule has 1 aliphatic rings. The highest BCUT2D eigenvalue weighted by atomic mass is 28.4. The summed E-state index contributed by atoms with van der Waals surface area (Å²) in [6, 6.07) is 14.0. The SMILES string of the molecule is COc1ccc(C2OC(COCc3ccccc3)C(O[Si](C)(C)C(C)(C)C)C2OC)cn1. The topological polar surface area (TPSA) is 59.0 Å². The number of benzene rings is 1. The minimum atomic E-state index is -2.07. The lowest BCUT2D eigenvalue weighted by atomic mass is 10.0. The molecule has 6 nitrogen and oxygen atoms in total. The molecule has 176 valence electrons. The second-order valence-electron chi connectivity index (χ2n) is 9.77. The van der Waals surface area contributed by atoms with E-state index in [1.54, 1.807) is 20.4 Å². The van der Waals surface area contributed by atoms with Gasteiger partial charge in [0.05, 0.1) is 20.3 Å². The second-order valence-corrected chi connectivity index (χ2v) is 14.5. The van der Waals surface area contributed by atoms with Crippen LogP contribution in [0.4, 0.5) is 0 Å². The number of hydrogen-bond acceptors (Lipinski definition) is 6. The molecule has 1 aliphatic heterocycles. The number of rotatable bonds is 9. The van der Waals surface area contributed by atoms with Crippen molar-refractivity contribution in [2.24, 2.45) is 0 Å². The van der Waals surface area contributed by atoms with Crippen LogP contribution in [0.3, 0.4) is 0 Å². The monoisotopic (exact) mass is 459 g/mol. The molecule has 1 aromatic heterocycles. The van der Waals surface area contributed by atoms with Crippen LogP contribution >= 0.6 is 0 Å². The van der Waals surface area contributed by atoms with E-state index in [1.807, 2.05) is 30.3 Å². The van der Waals surface area contributed by atoms with Crippen LogP contribution < -0.4 is 4.74 Å². The van der Waals surface area contributed by atoms with Gasteiger partial charge >= 0.3 is 0 Å². The third kappa shape index (κ3) is 5.77. The van der Waals surface area contributed by atoms with Crippen LogP contribution in [0.1, 0.15) is 38.0 Å². The first-order valence-electron chi connectivity index (χ1n) is 11.1. The Labute approximate surface area is 193 Å². The molecule has 4 unspecified atom stereocenters. The van der Waals surface area contributed by atoms with Crippen molar-refractivity contribution in [3.8, 4) is 5.88 Å². The summed E-state index contributed by atoms with van der Waals surface area (Å²) in [5.41, 5.74) is 2.07. The Kier molecular flexibility index (Phi) is 8.11. The van der Waals surface area contributed by atoms with Crippen molar-refractivity contribution >= 4 is 8.32 Å². The average Bonchev–Trinajstić information content (AvgIpc) is 3.10. The number of ether oxygens (including phenoxy) is 4. The van der Waals surface area contributed by atoms with Gasteiger partial charge in [0.25, 0.3) is 0 Å². The highest BCUT2D eigenvalue weighted by Gasteiger charge is 2.51. The van der Waals surface area contributed by atoms with Gasteiger partial charge in [0.15, 0.2) is 8.32 Å². The Bertz CT molecular complexity index is 838. The predicted molar refractivity (Wildman–Crippen MR) is 127 cm³/mol. The maximum absolute atomic E-state index is 6.84. The molecule has 3 rings (SSSR count). The van der Waals surface area contributed by atoms with Crippen LogP contribution in [0.5, 0.6) is 5.88 Å². The molecule has 32 heavy (non-hydrogen) atoms. The minimum absolute atomic E-state index is 0.0699. The molecule has 0 radical (unpaired) electrons. The van der Waals surface area contributed by atoms with Gasteiger partial charge in [-0.15, -0.1) is 0 Å². The number of methoxy groups -OCH3 is 2. The molecule has 0 spiro atoms. The fourth-order valence-electron chi connectivity index (χ4n) is 3.59. The van der Waals surface area contributed by atoms with Crippen molar-refractivity contribution < 1.29 is 23.4 Å². The Hall–Kier alpha value is -1.77. The molecule has 0 bridgehead atoms. The fourth-order valence-corrected chi connectivity index (χ4v) is 4.91. The quantitative estimate of drug-likeness (QED) is 0.483. The van der Waals surface area contributed by atoms with Gasteiger partial charge in [-0.2, -0.15) is 0 Å². The first kappa shape index (κ1) is 24.9. The van der Waals surface area contributed by atoms with E-state index in [1.165, 1.54) is 0 Å². The van der Waals surface area contributed by atoms with Gasteiger partial charge in [-0.3, -0.25) is 0 Å². The first-order valence-corrected chi connectivity index (χ1v) is 14.0. The van der Waals surface area contributed by atoms with Crippen LogP contribution in [0.15, 0.2) is 48.7 Å². The zero-order valence-corrected chi connectivity index (χ0v) is 21.3. The first-order chi connectivity index (χ1) is 15.2. The molecule has 0 amide bonds. The second kappa shape index (κ2) is 10.4. The molecule has 2 heterocycles. The standard InChI is InChI=1S/C25H37NO5Si/c1-25(2,3)32(6,7)31-23-20(17-29-16-18-11-9-8-10-12-18)30-22(24(23)28-5)19-13-14-21(27-4)26-15-19/h8-15,20,22-24H,16-17H2,1-7H3. The molecule has 0 aliphatic carbocycles. The molecule has 4 atom stereocenters. The highest BCUT2D eigenvalue weighted by molar-refractivity contribution is 6.74. The van der Waals surface area contributed by atoms with E-state index in [0.717, 1.165) is 11.1 Å². The summed E-state index contributed by atoms with van der Waals surface area (Å²) in [4.78, 5) is 4.36. The van der Waals surface area contributed by atoms with Gasteiger partial charge < -0.3 is 23.4 Å². The third-order valence-electron chi connectivity index (χ3n) is 6.51. The summed E-state index contributed by atoms with van der Waals surface area (Å²) >= 11 is 0. The summed E-state index contributed by atoms with van der Waals surface area (Å²) in [7, 11) is 1.25. The maximum atomic E-state index is 6.84. The zero-order chi connectivity index (χ0) is 23.4. The van der Waals surface area contributed by atoms with Crippen molar-refractivity contribution in [3.63, 3.8) is 0 Å². The van der Waals surface area contributed by atoms with E-state index in [0.29, 0.717) is 19.1 Å². The maximum Gasteiger partial charge on any atom is 0.212 e. The van der Waals surface area contributed by atoms with Gasteiger partial charge in [0, 0.05) is 24.9 Å². The normalized spacial score (nSPS) is 24.0. The van der Waals surface area contributed by atoms with Crippen molar-refractivity contribution in [3.05, 3.63) is 59.8 Å². The number of hydrogen-bond donors (Lipinski definition) is 0. The lowest BCUT2D eigenvalue weighted by Gasteiger charge is -2.40. The van der Waals surface area contributed by atoms with Crippen LogP contribution in [-0.4, -0.2) is 52.4 Å². The van der Waals surface area contributed by atoms with E-state index in [2.05, 4.69) is 51.0 Å². The Morgan fingerprint density at radius 2 is 1.72 bits per heavy atom. The molecule has 1 fully saturated rings. The van der Waals surface area contributed by atoms with E-state index in [9.17, 15) is 0 Å². The van der Waals surface area contributed by atoms with E-state index in [-0.39, 0.29) is 29.5 Å². The summed E-state index contributed by atoms with van der Waals surface area (Å²) in [5, 5.41) is 0.0699. The van der Waals surface area contributed by atoms with Gasteiger partial charge in [-0.1, -0.05) is 51.1 Å². The van der Waals surface area contributed by atoms with E-state index < -0.39 is 8.32 Å². The fraction of sp³-hybridized carbons (Fsp3) is 0.560. The molecule has 0 N–H and O–H groups in total. The molecule has 1 aromatic carbocycles. The third-order valence-corrected chi connectivity index (χ3v) is 11.0. The number of aromatic nitrogens is 1. The highest BCUT2D eigenvalue weighted by Crippen LogP contribution is 2.43. The minimum Gasteiger partial charge on any atom is -0.481 e. The molecule has 0 saturated carbocycles. The zero-order valence-electron chi connectivity index (χ0n) is 20.3. The van der Waals surface area contributed by atoms with Crippen molar-refractivity contribution in [1.29, 1.82) is 0 Å². The molecular formula is C25H37NO5Si. The van der Waals surface area contributed by atoms with Crippen LogP contribution in [0.2, 0.25) is 18.1 Å². The van der Waals surface area contributed by atoms with Gasteiger partial charge in [0.1, 0.15) is 24.4 Å². The predicted octanol–water partition coefficient (Wildman–Crippen LogP) is 5.15. The average molecular weight is 460 g/mol. The van der Waals surface area contributed by atoms with Crippen LogP contribution in [-0.2, 0) is 25.2 Å². The Balaban J connectivity index is 1.81. The summed E-state index contributed by atoms with van der Waals surface area (Å²) in [5.74, 6) is 0.567. The lowest BCUT2D eigenvalue weighted by Crippen LogP contribution is -2.50. The molecule has 2 aromatic rings.